The van der Waals surface area contributed by atoms with Crippen LogP contribution >= 0.6 is 0 Å². The molecule has 0 saturated heterocycles. The predicted octanol–water partition coefficient (Wildman–Crippen LogP) is 3.97. The van der Waals surface area contributed by atoms with Crippen molar-refractivity contribution in [2.24, 2.45) is 5.92 Å². The van der Waals surface area contributed by atoms with Crippen molar-refractivity contribution in [3.8, 4) is 5.75 Å². The number of nitrogens with one attached hydrogen (secondary N) is 2. The number of aryl methyl sites for hydroxylation is 1. The summed E-state index contributed by atoms with van der Waals surface area (Å²) in [6.45, 7) is 6.64. The Morgan fingerprint density at radius 2 is 1.71 bits per heavy atom. The van der Waals surface area contributed by atoms with Crippen LogP contribution in [-0.4, -0.2) is 28.0 Å². The van der Waals surface area contributed by atoms with E-state index in [2.05, 4.69) is 23.9 Å². The lowest BCUT2D eigenvalue weighted by Gasteiger charge is -2.15. The van der Waals surface area contributed by atoms with Crippen LogP contribution < -0.4 is 14.8 Å². The lowest BCUT2D eigenvalue weighted by molar-refractivity contribution is 0.0946. The van der Waals surface area contributed by atoms with Gasteiger partial charge in [-0.05, 0) is 43.2 Å². The normalized spacial score (nSPS) is 11.3. The number of carbonyl (C=O) groups is 1. The fourth-order valence-electron chi connectivity index (χ4n) is 2.78. The van der Waals surface area contributed by atoms with Crippen molar-refractivity contribution in [3.05, 3.63) is 53.6 Å². The zero-order valence-electron chi connectivity index (χ0n) is 16.8. The third-order valence-corrected chi connectivity index (χ3v) is 6.13. The molecule has 0 saturated carbocycles. The van der Waals surface area contributed by atoms with Crippen LogP contribution in [0.25, 0.3) is 0 Å². The molecule has 0 aliphatic carbocycles. The lowest BCUT2D eigenvalue weighted by atomic mass is 10.0. The van der Waals surface area contributed by atoms with Crippen molar-refractivity contribution in [3.63, 3.8) is 0 Å². The highest BCUT2D eigenvalue weighted by Crippen LogP contribution is 2.27. The lowest BCUT2D eigenvalue weighted by Crippen LogP contribution is -2.29. The highest BCUT2D eigenvalue weighted by atomic mass is 32.2. The fourth-order valence-corrected chi connectivity index (χ4v) is 4.03. The van der Waals surface area contributed by atoms with E-state index >= 15 is 0 Å². The summed E-state index contributed by atoms with van der Waals surface area (Å²) in [6.07, 6.45) is 1.94. The maximum Gasteiger partial charge on any atom is 0.265 e. The minimum absolute atomic E-state index is 0.0780. The van der Waals surface area contributed by atoms with Crippen LogP contribution in [0.4, 0.5) is 5.69 Å². The van der Waals surface area contributed by atoms with E-state index in [1.165, 1.54) is 19.2 Å². The average molecular weight is 405 g/mol. The van der Waals surface area contributed by atoms with E-state index in [-0.39, 0.29) is 22.1 Å². The number of rotatable bonds is 9. The van der Waals surface area contributed by atoms with Crippen molar-refractivity contribution in [1.29, 1.82) is 0 Å². The predicted molar refractivity (Wildman–Crippen MR) is 111 cm³/mol. The summed E-state index contributed by atoms with van der Waals surface area (Å²) in [5.41, 5.74) is 1.74. The largest absolute Gasteiger partial charge is 0.495 e. The molecule has 0 aliphatic heterocycles. The Balaban J connectivity index is 2.28. The summed E-state index contributed by atoms with van der Waals surface area (Å²) in [4.78, 5) is 12.4. The van der Waals surface area contributed by atoms with E-state index in [4.69, 9.17) is 4.74 Å². The van der Waals surface area contributed by atoms with Gasteiger partial charge in [0, 0.05) is 17.8 Å². The first-order valence-corrected chi connectivity index (χ1v) is 10.8. The second kappa shape index (κ2) is 9.59. The molecular weight excluding hydrogens is 376 g/mol. The smallest absolute Gasteiger partial charge is 0.265 e. The van der Waals surface area contributed by atoms with Crippen molar-refractivity contribution < 1.29 is 17.9 Å². The van der Waals surface area contributed by atoms with E-state index in [0.717, 1.165) is 18.4 Å². The number of hydrogen-bond donors (Lipinski definition) is 2. The second-order valence-corrected chi connectivity index (χ2v) is 8.38. The summed E-state index contributed by atoms with van der Waals surface area (Å²) < 4.78 is 33.5. The maximum atomic E-state index is 12.9. The molecule has 152 valence electrons. The average Bonchev–Trinajstić information content (AvgIpc) is 2.69. The Labute approximate surface area is 167 Å². The van der Waals surface area contributed by atoms with Gasteiger partial charge in [0.25, 0.3) is 15.9 Å². The summed E-state index contributed by atoms with van der Waals surface area (Å²) in [7, 11) is -2.52. The Kier molecular flexibility index (Phi) is 7.45. The zero-order chi connectivity index (χ0) is 20.7. The number of sulfonamides is 1. The number of anilines is 1. The molecule has 0 aliphatic rings. The number of amides is 1. The SMILES string of the molecule is CCC(CC)CNC(=O)c1ccc(OC)c(S(=O)(=O)Nc2ccc(C)cc2)c1. The Bertz CT molecular complexity index is 905. The van der Waals surface area contributed by atoms with Crippen LogP contribution in [0.1, 0.15) is 42.6 Å². The molecule has 2 aromatic carbocycles. The summed E-state index contributed by atoms with van der Waals surface area (Å²) in [6, 6.07) is 11.4. The van der Waals surface area contributed by atoms with Crippen LogP contribution in [0.2, 0.25) is 0 Å². The van der Waals surface area contributed by atoms with Crippen LogP contribution in [0.5, 0.6) is 5.75 Å². The third-order valence-electron chi connectivity index (χ3n) is 4.73. The van der Waals surface area contributed by atoms with Gasteiger partial charge in [-0.15, -0.1) is 0 Å². The minimum atomic E-state index is -3.92. The van der Waals surface area contributed by atoms with Crippen molar-refractivity contribution >= 4 is 21.6 Å². The van der Waals surface area contributed by atoms with Crippen LogP contribution in [-0.2, 0) is 10.0 Å². The van der Waals surface area contributed by atoms with E-state index < -0.39 is 10.0 Å². The molecule has 0 aromatic heterocycles. The van der Waals surface area contributed by atoms with Gasteiger partial charge in [-0.25, -0.2) is 8.42 Å². The first-order chi connectivity index (χ1) is 13.3. The Morgan fingerprint density at radius 3 is 2.29 bits per heavy atom. The molecule has 0 radical (unpaired) electrons. The van der Waals surface area contributed by atoms with Crippen LogP contribution in [0.15, 0.2) is 47.4 Å². The molecule has 0 heterocycles. The van der Waals surface area contributed by atoms with Gasteiger partial charge < -0.3 is 10.1 Å². The molecule has 2 N–H and O–H groups in total. The highest BCUT2D eigenvalue weighted by Gasteiger charge is 2.22. The number of ether oxygens (including phenoxy) is 1. The number of benzene rings is 2. The van der Waals surface area contributed by atoms with E-state index in [1.807, 2.05) is 19.1 Å². The van der Waals surface area contributed by atoms with Crippen LogP contribution in [0.3, 0.4) is 0 Å². The minimum Gasteiger partial charge on any atom is -0.495 e. The number of hydrogen-bond acceptors (Lipinski definition) is 4. The summed E-state index contributed by atoms with van der Waals surface area (Å²) in [5.74, 6) is 0.270. The van der Waals surface area contributed by atoms with Gasteiger partial charge in [-0.2, -0.15) is 0 Å². The van der Waals surface area contributed by atoms with E-state index in [9.17, 15) is 13.2 Å². The fraction of sp³-hybridized carbons (Fsp3) is 0.381. The first kappa shape index (κ1) is 21.8. The third kappa shape index (κ3) is 5.48. The monoisotopic (exact) mass is 404 g/mol. The van der Waals surface area contributed by atoms with E-state index in [0.29, 0.717) is 18.2 Å². The van der Waals surface area contributed by atoms with Crippen molar-refractivity contribution in [1.82, 2.24) is 5.32 Å². The van der Waals surface area contributed by atoms with Gasteiger partial charge in [0.2, 0.25) is 0 Å². The van der Waals surface area contributed by atoms with Gasteiger partial charge in [0.1, 0.15) is 10.6 Å². The van der Waals surface area contributed by atoms with Gasteiger partial charge in [0.15, 0.2) is 0 Å². The topological polar surface area (TPSA) is 84.5 Å². The molecule has 0 spiro atoms. The molecule has 0 bridgehead atoms. The van der Waals surface area contributed by atoms with Crippen molar-refractivity contribution in [2.75, 3.05) is 18.4 Å². The molecule has 28 heavy (non-hydrogen) atoms. The quantitative estimate of drug-likeness (QED) is 0.662. The van der Waals surface area contributed by atoms with Gasteiger partial charge in [-0.1, -0.05) is 44.4 Å². The van der Waals surface area contributed by atoms with Gasteiger partial charge >= 0.3 is 0 Å². The molecular formula is C21H28N2O4S. The zero-order valence-corrected chi connectivity index (χ0v) is 17.6. The van der Waals surface area contributed by atoms with Crippen LogP contribution in [0, 0.1) is 12.8 Å². The molecule has 0 unspecified atom stereocenters. The van der Waals surface area contributed by atoms with E-state index in [1.54, 1.807) is 18.2 Å². The molecule has 2 aromatic rings. The van der Waals surface area contributed by atoms with Gasteiger partial charge in [-0.3, -0.25) is 9.52 Å². The molecule has 6 nitrogen and oxygen atoms in total. The standard InChI is InChI=1S/C21H28N2O4S/c1-5-16(6-2)14-22-21(24)17-9-12-19(27-4)20(13-17)28(25,26)23-18-10-7-15(3)8-11-18/h7-13,16,23H,5-6,14H2,1-4H3,(H,22,24). The highest BCUT2D eigenvalue weighted by molar-refractivity contribution is 7.92. The van der Waals surface area contributed by atoms with Crippen molar-refractivity contribution in [2.45, 2.75) is 38.5 Å². The van der Waals surface area contributed by atoms with Gasteiger partial charge in [0.05, 0.1) is 7.11 Å². The molecule has 7 heteroatoms. The molecule has 0 fully saturated rings. The summed E-state index contributed by atoms with van der Waals surface area (Å²) >= 11 is 0. The maximum absolute atomic E-state index is 12.9. The number of methoxy groups -OCH3 is 1. The Hall–Kier alpha value is -2.54. The molecule has 2 rings (SSSR count). The molecule has 1 amide bonds. The Morgan fingerprint density at radius 1 is 1.07 bits per heavy atom. The molecule has 0 atom stereocenters. The summed E-state index contributed by atoms with van der Waals surface area (Å²) in [5, 5.41) is 2.88. The second-order valence-electron chi connectivity index (χ2n) is 6.73. The first-order valence-electron chi connectivity index (χ1n) is 9.36. The number of carbonyl (C=O) groups excluding carboxylic acids is 1.